The molecule has 12 heavy (non-hydrogen) atoms. The maximum absolute atomic E-state index is 11.3. The maximum Gasteiger partial charge on any atom is 0.330 e. The summed E-state index contributed by atoms with van der Waals surface area (Å²) in [5.41, 5.74) is 0. The van der Waals surface area contributed by atoms with E-state index in [1.807, 2.05) is 0 Å². The van der Waals surface area contributed by atoms with Crippen LogP contribution in [0.3, 0.4) is 0 Å². The van der Waals surface area contributed by atoms with Gasteiger partial charge in [0.05, 0.1) is 0 Å². The molecule has 0 bridgehead atoms. The smallest absolute Gasteiger partial charge is 0.292 e. The summed E-state index contributed by atoms with van der Waals surface area (Å²) in [5.74, 6) is 4.71. The molecule has 1 heterocycles. The third kappa shape index (κ3) is 2.13. The van der Waals surface area contributed by atoms with Crippen molar-refractivity contribution in [1.82, 2.24) is 0 Å². The van der Waals surface area contributed by atoms with Crippen LogP contribution in [0.5, 0.6) is 0 Å². The molecule has 64 valence electrons. The molecular formula is C8H9O3P. The van der Waals surface area contributed by atoms with Crippen molar-refractivity contribution in [3.63, 3.8) is 0 Å². The van der Waals surface area contributed by atoms with E-state index in [0.717, 1.165) is 0 Å². The summed E-state index contributed by atoms with van der Waals surface area (Å²) in [6.07, 6.45) is 9.67. The molecule has 1 fully saturated rings. The average Bonchev–Trinajstić information content (AvgIpc) is 2.01. The third-order valence-electron chi connectivity index (χ3n) is 1.44. The molecule has 4 heteroatoms. The Morgan fingerprint density at radius 2 is 1.75 bits per heavy atom. The molecule has 1 rings (SSSR count). The molecule has 0 aliphatic carbocycles. The Morgan fingerprint density at radius 1 is 1.33 bits per heavy atom. The number of rotatable bonds is 0. The number of terminal acetylenes is 2. The zero-order valence-electron chi connectivity index (χ0n) is 6.69. The first kappa shape index (κ1) is 9.36. The van der Waals surface area contributed by atoms with Crippen molar-refractivity contribution in [2.75, 3.05) is 6.66 Å². The van der Waals surface area contributed by atoms with Gasteiger partial charge in [-0.15, -0.1) is 12.8 Å². The highest BCUT2D eigenvalue weighted by molar-refractivity contribution is 7.53. The van der Waals surface area contributed by atoms with Gasteiger partial charge < -0.3 is 0 Å². The first-order chi connectivity index (χ1) is 5.57. The molecule has 0 aromatic heterocycles. The van der Waals surface area contributed by atoms with Gasteiger partial charge in [0, 0.05) is 13.1 Å². The molecule has 0 saturated carbocycles. The second-order valence-corrected chi connectivity index (χ2v) is 4.49. The summed E-state index contributed by atoms with van der Waals surface area (Å²) in [7, 11) is -3.02. The van der Waals surface area contributed by atoms with Crippen LogP contribution in [0.1, 0.15) is 6.42 Å². The number of hydrogen-bond donors (Lipinski definition) is 0. The molecule has 1 saturated heterocycles. The quantitative estimate of drug-likeness (QED) is 0.420. The summed E-state index contributed by atoms with van der Waals surface area (Å²) >= 11 is 0. The van der Waals surface area contributed by atoms with Crippen molar-refractivity contribution < 1.29 is 13.6 Å². The van der Waals surface area contributed by atoms with E-state index in [-0.39, 0.29) is 0 Å². The predicted octanol–water partition coefficient (Wildman–Crippen LogP) is 1.25. The van der Waals surface area contributed by atoms with Crippen LogP contribution in [0.4, 0.5) is 0 Å². The molecule has 0 N–H and O–H groups in total. The van der Waals surface area contributed by atoms with E-state index in [1.165, 1.54) is 6.66 Å². The summed E-state index contributed by atoms with van der Waals surface area (Å²) in [4.78, 5) is 0. The van der Waals surface area contributed by atoms with E-state index < -0.39 is 19.8 Å². The van der Waals surface area contributed by atoms with Crippen LogP contribution >= 0.6 is 7.60 Å². The topological polar surface area (TPSA) is 35.5 Å². The SMILES string of the molecule is C#CC1CC(C#C)OP(C)(=O)O1. The molecule has 0 spiro atoms. The van der Waals surface area contributed by atoms with Crippen LogP contribution in [-0.4, -0.2) is 18.9 Å². The summed E-state index contributed by atoms with van der Waals surface area (Å²) < 4.78 is 21.3. The molecule has 1 aliphatic rings. The van der Waals surface area contributed by atoms with Gasteiger partial charge in [-0.2, -0.15) is 0 Å². The van der Waals surface area contributed by atoms with Crippen LogP contribution in [0.25, 0.3) is 0 Å². The van der Waals surface area contributed by atoms with Gasteiger partial charge in [0.25, 0.3) is 0 Å². The highest BCUT2D eigenvalue weighted by atomic mass is 31.2. The van der Waals surface area contributed by atoms with Gasteiger partial charge in [-0.05, 0) is 0 Å². The lowest BCUT2D eigenvalue weighted by Gasteiger charge is -2.28. The van der Waals surface area contributed by atoms with Gasteiger partial charge >= 0.3 is 7.60 Å². The van der Waals surface area contributed by atoms with E-state index >= 15 is 0 Å². The van der Waals surface area contributed by atoms with Crippen LogP contribution < -0.4 is 0 Å². The first-order valence-corrected chi connectivity index (χ1v) is 5.43. The lowest BCUT2D eigenvalue weighted by Crippen LogP contribution is -2.25. The minimum atomic E-state index is -3.02. The predicted molar refractivity (Wildman–Crippen MR) is 45.6 cm³/mol. The Balaban J connectivity index is 2.75. The zero-order chi connectivity index (χ0) is 9.19. The molecule has 0 amide bonds. The van der Waals surface area contributed by atoms with Gasteiger partial charge in [-0.25, -0.2) is 0 Å². The van der Waals surface area contributed by atoms with Gasteiger partial charge in [0.2, 0.25) is 0 Å². The van der Waals surface area contributed by atoms with Gasteiger partial charge in [-0.1, -0.05) is 11.8 Å². The molecule has 3 nitrogen and oxygen atoms in total. The molecule has 1 aliphatic heterocycles. The standard InChI is InChI=1S/C8H9O3P/c1-4-7-6-8(5-2)11-12(3,9)10-7/h1-2,7-8H,6H2,3H3. The summed E-state index contributed by atoms with van der Waals surface area (Å²) in [5, 5.41) is 0. The Kier molecular flexibility index (Phi) is 2.60. The second kappa shape index (κ2) is 3.33. The molecule has 0 aromatic carbocycles. The lowest BCUT2D eigenvalue weighted by atomic mass is 10.2. The largest absolute Gasteiger partial charge is 0.330 e. The van der Waals surface area contributed by atoms with Gasteiger partial charge in [0.15, 0.2) is 0 Å². The van der Waals surface area contributed by atoms with Gasteiger partial charge in [0.1, 0.15) is 12.2 Å². The lowest BCUT2D eigenvalue weighted by molar-refractivity contribution is 0.0863. The molecule has 2 atom stereocenters. The summed E-state index contributed by atoms with van der Waals surface area (Å²) in [6, 6.07) is 0. The van der Waals surface area contributed by atoms with Crippen LogP contribution in [0, 0.1) is 24.7 Å². The van der Waals surface area contributed by atoms with Crippen molar-refractivity contribution in [2.45, 2.75) is 18.6 Å². The zero-order valence-corrected chi connectivity index (χ0v) is 7.58. The fraction of sp³-hybridized carbons (Fsp3) is 0.500. The fourth-order valence-corrected chi connectivity index (χ4v) is 2.23. The van der Waals surface area contributed by atoms with Crippen molar-refractivity contribution in [3.8, 4) is 24.7 Å². The number of hydrogen-bond acceptors (Lipinski definition) is 3. The van der Waals surface area contributed by atoms with Crippen LogP contribution in [-0.2, 0) is 13.6 Å². The Labute approximate surface area is 72.0 Å². The van der Waals surface area contributed by atoms with Crippen molar-refractivity contribution in [3.05, 3.63) is 0 Å². The van der Waals surface area contributed by atoms with E-state index in [1.54, 1.807) is 0 Å². The minimum absolute atomic E-state index is 0.408. The Morgan fingerprint density at radius 3 is 2.08 bits per heavy atom. The average molecular weight is 184 g/mol. The molecular weight excluding hydrogens is 175 g/mol. The second-order valence-electron chi connectivity index (χ2n) is 2.53. The fourth-order valence-electron chi connectivity index (χ4n) is 0.965. The molecule has 2 unspecified atom stereocenters. The monoisotopic (exact) mass is 184 g/mol. The highest BCUT2D eigenvalue weighted by Gasteiger charge is 2.33. The van der Waals surface area contributed by atoms with E-state index in [0.29, 0.717) is 6.42 Å². The van der Waals surface area contributed by atoms with Crippen molar-refractivity contribution in [1.29, 1.82) is 0 Å². The molecule has 0 aromatic rings. The van der Waals surface area contributed by atoms with Crippen LogP contribution in [0.2, 0.25) is 0 Å². The van der Waals surface area contributed by atoms with E-state index in [2.05, 4.69) is 11.8 Å². The normalized spacial score (nSPS) is 41.2. The maximum atomic E-state index is 11.3. The summed E-state index contributed by atoms with van der Waals surface area (Å²) in [6.45, 7) is 1.36. The van der Waals surface area contributed by atoms with Gasteiger partial charge in [-0.3, -0.25) is 13.6 Å². The Bertz CT molecular complexity index is 270. The first-order valence-electron chi connectivity index (χ1n) is 3.44. The van der Waals surface area contributed by atoms with Crippen molar-refractivity contribution in [2.24, 2.45) is 0 Å². The Hall–Kier alpha value is -0.730. The van der Waals surface area contributed by atoms with Crippen molar-refractivity contribution >= 4 is 7.60 Å². The van der Waals surface area contributed by atoms with E-state index in [4.69, 9.17) is 21.9 Å². The molecule has 0 radical (unpaired) electrons. The minimum Gasteiger partial charge on any atom is -0.292 e. The van der Waals surface area contributed by atoms with E-state index in [9.17, 15) is 4.57 Å². The third-order valence-corrected chi connectivity index (χ3v) is 2.71. The van der Waals surface area contributed by atoms with Crippen LogP contribution in [0.15, 0.2) is 0 Å². The highest BCUT2D eigenvalue weighted by Crippen LogP contribution is 2.50.